The topological polar surface area (TPSA) is 83.6 Å². The van der Waals surface area contributed by atoms with Gasteiger partial charge in [0.1, 0.15) is 0 Å². The normalized spacial score (nSPS) is 16.7. The number of hydrogen-bond donors (Lipinski definition) is 1. The first-order valence-electron chi connectivity index (χ1n) is 11.9. The molecule has 9 heteroatoms. The monoisotopic (exact) mass is 462 g/mol. The minimum atomic E-state index is -0.0838. The summed E-state index contributed by atoms with van der Waals surface area (Å²) >= 11 is 0. The Balaban J connectivity index is 1.53. The summed E-state index contributed by atoms with van der Waals surface area (Å²) in [5.74, 6) is 1.54. The van der Waals surface area contributed by atoms with E-state index in [9.17, 15) is 9.59 Å². The number of benzene rings is 1. The van der Waals surface area contributed by atoms with Crippen molar-refractivity contribution in [1.82, 2.24) is 20.0 Å². The van der Waals surface area contributed by atoms with Crippen molar-refractivity contribution in [2.24, 2.45) is 0 Å². The number of morpholine rings is 1. The molecule has 0 spiro atoms. The predicted octanol–water partition coefficient (Wildman–Crippen LogP) is 1.95. The predicted molar refractivity (Wildman–Crippen MR) is 126 cm³/mol. The maximum absolute atomic E-state index is 13.0. The Kier molecular flexibility index (Phi) is 10.1. The van der Waals surface area contributed by atoms with E-state index in [1.807, 2.05) is 28.0 Å². The summed E-state index contributed by atoms with van der Waals surface area (Å²) in [6.07, 6.45) is 3.24. The van der Waals surface area contributed by atoms with Gasteiger partial charge in [0.2, 0.25) is 5.91 Å². The average molecular weight is 463 g/mol. The third-order valence-corrected chi connectivity index (χ3v) is 6.17. The summed E-state index contributed by atoms with van der Waals surface area (Å²) < 4.78 is 16.2. The highest BCUT2D eigenvalue weighted by molar-refractivity contribution is 5.78. The Bertz CT molecular complexity index is 769. The molecule has 0 atom stereocenters. The molecule has 1 aromatic carbocycles. The third kappa shape index (κ3) is 7.78. The maximum Gasteiger partial charge on any atom is 0.317 e. The van der Waals surface area contributed by atoms with Crippen molar-refractivity contribution in [3.8, 4) is 11.5 Å². The quantitative estimate of drug-likeness (QED) is 0.478. The molecule has 0 bridgehead atoms. The highest BCUT2D eigenvalue weighted by Crippen LogP contribution is 2.28. The fourth-order valence-corrected chi connectivity index (χ4v) is 4.28. The first-order chi connectivity index (χ1) is 16.1. The molecule has 3 amide bonds. The van der Waals surface area contributed by atoms with Crippen LogP contribution in [0, 0.1) is 0 Å². The number of hydrogen-bond acceptors (Lipinski definition) is 6. The number of carbonyl (C=O) groups excluding carboxylic acids is 2. The second-order valence-electron chi connectivity index (χ2n) is 8.49. The van der Waals surface area contributed by atoms with Crippen molar-refractivity contribution in [3.05, 3.63) is 23.8 Å². The molecule has 1 N–H and O–H groups in total. The van der Waals surface area contributed by atoms with Crippen molar-refractivity contribution >= 4 is 11.9 Å². The molecular weight excluding hydrogens is 424 g/mol. The largest absolute Gasteiger partial charge is 0.493 e. The second kappa shape index (κ2) is 13.3. The van der Waals surface area contributed by atoms with Gasteiger partial charge in [0.05, 0.1) is 27.4 Å². The Morgan fingerprint density at radius 2 is 1.88 bits per heavy atom. The van der Waals surface area contributed by atoms with Crippen molar-refractivity contribution in [2.75, 3.05) is 73.2 Å². The van der Waals surface area contributed by atoms with Crippen LogP contribution in [0.15, 0.2) is 18.2 Å². The third-order valence-electron chi connectivity index (χ3n) is 6.17. The second-order valence-corrected chi connectivity index (χ2v) is 8.49. The van der Waals surface area contributed by atoms with Crippen LogP contribution >= 0.6 is 0 Å². The van der Waals surface area contributed by atoms with E-state index >= 15 is 0 Å². The number of nitrogens with one attached hydrogen (secondary N) is 1. The minimum Gasteiger partial charge on any atom is -0.493 e. The van der Waals surface area contributed by atoms with Crippen LogP contribution in [0.2, 0.25) is 0 Å². The van der Waals surface area contributed by atoms with E-state index < -0.39 is 0 Å². The van der Waals surface area contributed by atoms with Gasteiger partial charge in [-0.05, 0) is 37.0 Å². The Morgan fingerprint density at radius 1 is 1.09 bits per heavy atom. The fraction of sp³-hybridized carbons (Fsp3) is 0.667. The molecule has 3 rings (SSSR count). The number of carbonyl (C=O) groups is 2. The van der Waals surface area contributed by atoms with Crippen LogP contribution in [0.25, 0.3) is 0 Å². The van der Waals surface area contributed by atoms with Crippen LogP contribution in [-0.4, -0.2) is 99.9 Å². The lowest BCUT2D eigenvalue weighted by molar-refractivity contribution is -0.127. The zero-order chi connectivity index (χ0) is 23.5. The molecule has 2 aliphatic rings. The summed E-state index contributed by atoms with van der Waals surface area (Å²) in [6.45, 7) is 7.59. The molecule has 2 heterocycles. The van der Waals surface area contributed by atoms with Crippen LogP contribution in [0.4, 0.5) is 4.79 Å². The van der Waals surface area contributed by atoms with E-state index in [4.69, 9.17) is 14.2 Å². The van der Waals surface area contributed by atoms with Crippen molar-refractivity contribution in [2.45, 2.75) is 32.2 Å². The molecule has 184 valence electrons. The summed E-state index contributed by atoms with van der Waals surface area (Å²) in [6, 6.07) is 5.66. The Labute approximate surface area is 196 Å². The average Bonchev–Trinajstić information content (AvgIpc) is 3.26. The molecule has 2 aliphatic heterocycles. The van der Waals surface area contributed by atoms with Crippen LogP contribution in [-0.2, 0) is 16.1 Å². The van der Waals surface area contributed by atoms with E-state index in [1.165, 1.54) is 0 Å². The smallest absolute Gasteiger partial charge is 0.317 e. The zero-order valence-electron chi connectivity index (χ0n) is 20.0. The number of methoxy groups -OCH3 is 2. The fourth-order valence-electron chi connectivity index (χ4n) is 4.28. The highest BCUT2D eigenvalue weighted by atomic mass is 16.5. The van der Waals surface area contributed by atoms with Crippen molar-refractivity contribution in [3.63, 3.8) is 0 Å². The lowest BCUT2D eigenvalue weighted by Crippen LogP contribution is -2.43. The van der Waals surface area contributed by atoms with E-state index in [2.05, 4.69) is 10.2 Å². The molecule has 1 aromatic rings. The SMILES string of the molecule is COc1ccc(CN(CCCN2CCOCC2)C(=O)NCCCN2CCCC2=O)cc1OC. The van der Waals surface area contributed by atoms with Gasteiger partial charge in [-0.3, -0.25) is 9.69 Å². The molecule has 0 saturated carbocycles. The van der Waals surface area contributed by atoms with Crippen molar-refractivity contribution in [1.29, 1.82) is 0 Å². The van der Waals surface area contributed by atoms with Gasteiger partial charge < -0.3 is 29.3 Å². The van der Waals surface area contributed by atoms with Crippen LogP contribution < -0.4 is 14.8 Å². The maximum atomic E-state index is 13.0. The van der Waals surface area contributed by atoms with Crippen LogP contribution in [0.5, 0.6) is 11.5 Å². The van der Waals surface area contributed by atoms with E-state index in [0.717, 1.165) is 64.2 Å². The lowest BCUT2D eigenvalue weighted by atomic mass is 10.2. The number of ether oxygens (including phenoxy) is 3. The number of amides is 3. The molecule has 9 nitrogen and oxygen atoms in total. The molecule has 2 saturated heterocycles. The van der Waals surface area contributed by atoms with Gasteiger partial charge in [0, 0.05) is 58.8 Å². The molecule has 0 aliphatic carbocycles. The van der Waals surface area contributed by atoms with Gasteiger partial charge in [0.25, 0.3) is 0 Å². The molecule has 2 fully saturated rings. The Hall–Kier alpha value is -2.52. The summed E-state index contributed by atoms with van der Waals surface area (Å²) in [7, 11) is 3.22. The number of nitrogens with zero attached hydrogens (tertiary/aromatic N) is 3. The van der Waals surface area contributed by atoms with Gasteiger partial charge in [0.15, 0.2) is 11.5 Å². The van der Waals surface area contributed by atoms with Gasteiger partial charge in [-0.25, -0.2) is 4.79 Å². The zero-order valence-corrected chi connectivity index (χ0v) is 20.0. The van der Waals surface area contributed by atoms with E-state index in [1.54, 1.807) is 14.2 Å². The summed E-state index contributed by atoms with van der Waals surface area (Å²) in [5, 5.41) is 3.04. The van der Waals surface area contributed by atoms with E-state index in [-0.39, 0.29) is 11.9 Å². The number of rotatable bonds is 12. The Morgan fingerprint density at radius 3 is 2.58 bits per heavy atom. The summed E-state index contributed by atoms with van der Waals surface area (Å²) in [4.78, 5) is 30.9. The standard InChI is InChI=1S/C24H38N4O5/c1-31-21-8-7-20(18-22(21)32-2)19-28(13-5-10-26-14-16-33-17-15-26)24(30)25-9-4-12-27-11-3-6-23(27)29/h7-8,18H,3-6,9-17,19H2,1-2H3,(H,25,30). The molecule has 0 radical (unpaired) electrons. The molecular formula is C24H38N4O5. The lowest BCUT2D eigenvalue weighted by Gasteiger charge is -2.28. The van der Waals surface area contributed by atoms with Crippen molar-refractivity contribution < 1.29 is 23.8 Å². The minimum absolute atomic E-state index is 0.0838. The van der Waals surface area contributed by atoms with E-state index in [0.29, 0.717) is 44.1 Å². The van der Waals surface area contributed by atoms with Gasteiger partial charge in [-0.2, -0.15) is 0 Å². The number of likely N-dealkylation sites (tertiary alicyclic amines) is 1. The molecule has 0 aromatic heterocycles. The molecule has 0 unspecified atom stereocenters. The van der Waals surface area contributed by atoms with Crippen LogP contribution in [0.3, 0.4) is 0 Å². The van der Waals surface area contributed by atoms with Gasteiger partial charge in [-0.15, -0.1) is 0 Å². The van der Waals surface area contributed by atoms with Gasteiger partial charge >= 0.3 is 6.03 Å². The van der Waals surface area contributed by atoms with Crippen LogP contribution in [0.1, 0.15) is 31.2 Å². The number of urea groups is 1. The van der Waals surface area contributed by atoms with Gasteiger partial charge in [-0.1, -0.05) is 6.07 Å². The molecule has 33 heavy (non-hydrogen) atoms. The summed E-state index contributed by atoms with van der Waals surface area (Å²) in [5.41, 5.74) is 0.983. The first-order valence-corrected chi connectivity index (χ1v) is 11.9. The highest BCUT2D eigenvalue weighted by Gasteiger charge is 2.20. The first kappa shape index (κ1) is 25.1.